The predicted molar refractivity (Wildman–Crippen MR) is 252 cm³/mol. The SMILES string of the molecule is COc1ccc(CN(Cc2ccc(OC)cc2)S(=O)(=O)c2c(S(=O)(=O)NC3(CNC(=O)O)COC(C)(C)OC3)ccc(-c3cccc4[nH]c(N)nc34)c2-c2nnn(Cc3ccc(OC)cc3)n2)cc1. The number of hydrogen-bond acceptors (Lipinski definition) is 15. The van der Waals surface area contributed by atoms with Crippen LogP contribution >= 0.6 is 0 Å². The van der Waals surface area contributed by atoms with Gasteiger partial charge in [0.25, 0.3) is 0 Å². The van der Waals surface area contributed by atoms with E-state index in [0.29, 0.717) is 45.0 Å². The molecule has 1 amide bonds. The van der Waals surface area contributed by atoms with E-state index in [2.05, 4.69) is 30.3 Å². The van der Waals surface area contributed by atoms with Gasteiger partial charge in [-0.3, -0.25) is 0 Å². The number of aromatic amines is 1. The molecule has 1 aliphatic rings. The van der Waals surface area contributed by atoms with Crippen molar-refractivity contribution in [1.82, 2.24) is 44.5 Å². The maximum atomic E-state index is 16.2. The Balaban J connectivity index is 1.40. The number of methoxy groups -OCH3 is 3. The molecule has 8 rings (SSSR count). The molecule has 7 aromatic rings. The van der Waals surface area contributed by atoms with Crippen molar-refractivity contribution in [3.8, 4) is 39.8 Å². The number of H-pyrrole nitrogens is 1. The summed E-state index contributed by atoms with van der Waals surface area (Å²) in [6.07, 6.45) is -1.45. The van der Waals surface area contributed by atoms with Gasteiger partial charge in [-0.2, -0.15) is 13.8 Å². The molecule has 23 heteroatoms. The van der Waals surface area contributed by atoms with E-state index in [1.807, 2.05) is 0 Å². The van der Waals surface area contributed by atoms with Crippen LogP contribution in [0.4, 0.5) is 10.7 Å². The summed E-state index contributed by atoms with van der Waals surface area (Å²) in [5.41, 5.74) is 7.33. The third-order valence-electron chi connectivity index (χ3n) is 11.3. The van der Waals surface area contributed by atoms with E-state index in [1.54, 1.807) is 112 Å². The average Bonchev–Trinajstić information content (AvgIpc) is 3.97. The first-order valence-electron chi connectivity index (χ1n) is 21.3. The molecular weight excluding hydrogens is 933 g/mol. The van der Waals surface area contributed by atoms with Crippen LogP contribution in [0.1, 0.15) is 30.5 Å². The van der Waals surface area contributed by atoms with Crippen molar-refractivity contribution in [2.24, 2.45) is 0 Å². The molecule has 6 N–H and O–H groups in total. The highest BCUT2D eigenvalue weighted by Gasteiger charge is 2.46. The molecule has 5 aromatic carbocycles. The fraction of sp³-hybridized carbons (Fsp3) is 0.283. The number of carbonyl (C=O) groups is 1. The van der Waals surface area contributed by atoms with Gasteiger partial charge in [-0.15, -0.1) is 10.2 Å². The first kappa shape index (κ1) is 48.3. The number of ether oxygens (including phenoxy) is 5. The highest BCUT2D eigenvalue weighted by atomic mass is 32.2. The number of imidazole rings is 1. The van der Waals surface area contributed by atoms with Crippen LogP contribution in [-0.2, 0) is 49.2 Å². The minimum absolute atomic E-state index is 0.0735. The zero-order valence-corrected chi connectivity index (χ0v) is 39.8. The summed E-state index contributed by atoms with van der Waals surface area (Å²) in [6.45, 7) is 1.55. The zero-order chi connectivity index (χ0) is 49.1. The Bertz CT molecular complexity index is 3140. The van der Waals surface area contributed by atoms with Gasteiger partial charge in [0.2, 0.25) is 25.9 Å². The van der Waals surface area contributed by atoms with Crippen LogP contribution in [0.3, 0.4) is 0 Å². The maximum Gasteiger partial charge on any atom is 0.404 e. The molecule has 0 aliphatic carbocycles. The summed E-state index contributed by atoms with van der Waals surface area (Å²) in [5.74, 6) is 0.335. The third kappa shape index (κ3) is 10.6. The van der Waals surface area contributed by atoms with E-state index in [4.69, 9.17) is 34.5 Å². The Hall–Kier alpha value is -7.15. The smallest absolute Gasteiger partial charge is 0.404 e. The number of para-hydroxylation sites is 1. The number of rotatable bonds is 18. The van der Waals surface area contributed by atoms with Gasteiger partial charge in [-0.25, -0.2) is 26.6 Å². The lowest BCUT2D eigenvalue weighted by Crippen LogP contribution is -2.65. The summed E-state index contributed by atoms with van der Waals surface area (Å²) < 4.78 is 94.9. The number of anilines is 1. The van der Waals surface area contributed by atoms with E-state index in [-0.39, 0.29) is 55.7 Å². The molecule has 0 radical (unpaired) electrons. The fourth-order valence-corrected chi connectivity index (χ4v) is 11.6. The summed E-state index contributed by atoms with van der Waals surface area (Å²) in [5, 5.41) is 25.4. The number of nitrogen functional groups attached to an aromatic ring is 1. The summed E-state index contributed by atoms with van der Waals surface area (Å²) >= 11 is 0. The number of hydrogen-bond donors (Lipinski definition) is 5. The van der Waals surface area contributed by atoms with Gasteiger partial charge in [0, 0.05) is 25.2 Å². The van der Waals surface area contributed by atoms with Crippen molar-refractivity contribution < 1.29 is 50.4 Å². The molecular formula is C46H50N10O11S2. The second-order valence-electron chi connectivity index (χ2n) is 16.6. The highest BCUT2D eigenvalue weighted by Crippen LogP contribution is 2.43. The monoisotopic (exact) mass is 982 g/mol. The van der Waals surface area contributed by atoms with E-state index in [1.165, 1.54) is 25.1 Å². The summed E-state index contributed by atoms with van der Waals surface area (Å²) in [7, 11) is -5.56. The van der Waals surface area contributed by atoms with Crippen LogP contribution in [0.5, 0.6) is 17.2 Å². The molecule has 3 heterocycles. The molecule has 0 spiro atoms. The Morgan fingerprint density at radius 2 is 1.38 bits per heavy atom. The largest absolute Gasteiger partial charge is 0.497 e. The van der Waals surface area contributed by atoms with Gasteiger partial charge >= 0.3 is 6.09 Å². The standard InChI is InChI=1S/C46H50N10O11S2/c1-45(2)66-27-46(28-67-45,26-48-44(57)58)53-68(59,60)38-22-21-35(36-7-6-8-37-40(36)50-43(47)49-37)39(42-51-54-56(52-42)25-31-13-19-34(65-5)20-14-31)41(38)69(61,62)55(23-29-9-15-32(63-3)16-10-29)24-30-11-17-33(64-4)18-12-30/h6-22,48,53H,23-28H2,1-5H3,(H,57,58)(H3,47,49,50). The van der Waals surface area contributed by atoms with Crippen molar-refractivity contribution in [3.63, 3.8) is 0 Å². The second-order valence-corrected chi connectivity index (χ2v) is 20.1. The van der Waals surface area contributed by atoms with Gasteiger partial charge < -0.3 is 44.8 Å². The Labute approximate surface area is 397 Å². The molecule has 0 unspecified atom stereocenters. The fourth-order valence-electron chi connectivity index (χ4n) is 7.76. The second kappa shape index (κ2) is 19.5. The quantitative estimate of drug-likeness (QED) is 0.0757. The molecule has 1 saturated heterocycles. The average molecular weight is 983 g/mol. The van der Waals surface area contributed by atoms with Crippen molar-refractivity contribution in [1.29, 1.82) is 0 Å². The number of benzene rings is 5. The number of tetrazole rings is 1. The van der Waals surface area contributed by atoms with Crippen LogP contribution in [-0.4, -0.2) is 115 Å². The molecule has 1 aliphatic heterocycles. The molecule has 2 aromatic heterocycles. The Morgan fingerprint density at radius 3 is 1.93 bits per heavy atom. The highest BCUT2D eigenvalue weighted by molar-refractivity contribution is 7.92. The van der Waals surface area contributed by atoms with E-state index in [9.17, 15) is 9.90 Å². The minimum Gasteiger partial charge on any atom is -0.497 e. The van der Waals surface area contributed by atoms with Crippen LogP contribution in [0.15, 0.2) is 113 Å². The topological polar surface area (TPSA) is 277 Å². The van der Waals surface area contributed by atoms with E-state index in [0.717, 1.165) is 15.9 Å². The van der Waals surface area contributed by atoms with Gasteiger partial charge in [-0.05, 0) is 89.8 Å². The minimum atomic E-state index is -5.07. The van der Waals surface area contributed by atoms with Gasteiger partial charge in [0.1, 0.15) is 27.0 Å². The van der Waals surface area contributed by atoms with Crippen molar-refractivity contribution in [2.45, 2.75) is 54.6 Å². The van der Waals surface area contributed by atoms with Crippen LogP contribution in [0, 0.1) is 0 Å². The maximum absolute atomic E-state index is 16.2. The predicted octanol–water partition coefficient (Wildman–Crippen LogP) is 5.00. The first-order valence-corrected chi connectivity index (χ1v) is 24.2. The molecule has 69 heavy (non-hydrogen) atoms. The Kier molecular flexibility index (Phi) is 13.6. The Morgan fingerprint density at radius 1 is 0.812 bits per heavy atom. The lowest BCUT2D eigenvalue weighted by atomic mass is 9.98. The number of nitrogens with two attached hydrogens (primary N) is 1. The molecule has 21 nitrogen and oxygen atoms in total. The zero-order valence-electron chi connectivity index (χ0n) is 38.2. The lowest BCUT2D eigenvalue weighted by Gasteiger charge is -2.43. The van der Waals surface area contributed by atoms with Crippen LogP contribution in [0.25, 0.3) is 33.5 Å². The van der Waals surface area contributed by atoms with Gasteiger partial charge in [0.05, 0.1) is 63.2 Å². The molecule has 0 atom stereocenters. The van der Waals surface area contributed by atoms with Crippen molar-refractivity contribution in [3.05, 3.63) is 120 Å². The number of carboxylic acid groups (broad SMARTS) is 1. The summed E-state index contributed by atoms with van der Waals surface area (Å²) in [6, 6.07) is 28.4. The number of fused-ring (bicyclic) bond motifs is 1. The van der Waals surface area contributed by atoms with Crippen LogP contribution < -0.4 is 30.0 Å². The van der Waals surface area contributed by atoms with E-state index >= 15 is 16.8 Å². The normalized spacial score (nSPS) is 14.7. The number of amides is 1. The lowest BCUT2D eigenvalue weighted by molar-refractivity contribution is -0.268. The molecule has 362 valence electrons. The molecule has 0 bridgehead atoms. The number of nitrogens with one attached hydrogen (secondary N) is 3. The number of sulfonamides is 2. The first-order chi connectivity index (χ1) is 32.9. The number of nitrogens with zero attached hydrogens (tertiary/aromatic N) is 6. The van der Waals surface area contributed by atoms with Crippen LogP contribution in [0.2, 0.25) is 0 Å². The van der Waals surface area contributed by atoms with Gasteiger partial charge in [-0.1, -0.05) is 54.6 Å². The molecule has 0 saturated carbocycles. The van der Waals surface area contributed by atoms with E-state index < -0.39 is 53.8 Å². The molecule has 1 fully saturated rings. The number of aromatic nitrogens is 6. The third-order valence-corrected chi connectivity index (χ3v) is 15.0. The van der Waals surface area contributed by atoms with Crippen molar-refractivity contribution >= 4 is 43.1 Å². The summed E-state index contributed by atoms with van der Waals surface area (Å²) in [4.78, 5) is 19.2. The van der Waals surface area contributed by atoms with Gasteiger partial charge in [0.15, 0.2) is 11.7 Å². The van der Waals surface area contributed by atoms with Crippen molar-refractivity contribution in [2.75, 3.05) is 46.8 Å².